The maximum Gasteiger partial charge on any atom is 0.408 e. The zero-order chi connectivity index (χ0) is 21.3. The number of carbonyl (C=O) groups is 2. The number of nitrogens with zero attached hydrogens (tertiary/aromatic N) is 1. The molecule has 0 fully saturated rings. The van der Waals surface area contributed by atoms with Crippen LogP contribution in [0.4, 0.5) is 4.79 Å². The fraction of sp³-hybridized carbons (Fsp3) is 0.737. The number of aromatic nitrogens is 1. The molecule has 0 radical (unpaired) electrons. The summed E-state index contributed by atoms with van der Waals surface area (Å²) < 4.78 is 5.29. The van der Waals surface area contributed by atoms with Crippen LogP contribution in [0.2, 0.25) is 0 Å². The Morgan fingerprint density at radius 1 is 1.32 bits per heavy atom. The van der Waals surface area contributed by atoms with Crippen LogP contribution in [-0.2, 0) is 9.53 Å². The molecule has 0 unspecified atom stereocenters. The molecule has 0 aliphatic carbocycles. The van der Waals surface area contributed by atoms with E-state index in [2.05, 4.69) is 15.6 Å². The van der Waals surface area contributed by atoms with E-state index >= 15 is 0 Å². The van der Waals surface area contributed by atoms with Crippen molar-refractivity contribution in [2.45, 2.75) is 71.2 Å². The Kier molecular flexibility index (Phi) is 10.3. The number of rotatable bonds is 10. The molecule has 1 rings (SSSR count). The molecule has 0 spiro atoms. The number of amides is 2. The van der Waals surface area contributed by atoms with E-state index in [0.29, 0.717) is 17.8 Å². The van der Waals surface area contributed by atoms with Gasteiger partial charge in [0.15, 0.2) is 0 Å². The van der Waals surface area contributed by atoms with Crippen molar-refractivity contribution in [2.24, 2.45) is 5.92 Å². The minimum atomic E-state index is -0.891. The third kappa shape index (κ3) is 9.25. The van der Waals surface area contributed by atoms with Crippen molar-refractivity contribution in [2.75, 3.05) is 12.0 Å². The van der Waals surface area contributed by atoms with E-state index in [-0.39, 0.29) is 11.8 Å². The first-order chi connectivity index (χ1) is 13.0. The van der Waals surface area contributed by atoms with Crippen molar-refractivity contribution in [1.29, 1.82) is 0 Å². The first kappa shape index (κ1) is 24.7. The number of nitrogens with one attached hydrogen (secondary N) is 2. The molecule has 3 atom stereocenters. The largest absolute Gasteiger partial charge is 0.444 e. The molecule has 1 aromatic rings. The van der Waals surface area contributed by atoms with Gasteiger partial charge in [0.25, 0.3) is 0 Å². The van der Waals surface area contributed by atoms with Crippen LogP contribution in [0, 0.1) is 5.92 Å². The number of aliphatic hydroxyl groups is 1. The minimum absolute atomic E-state index is 0.194. The van der Waals surface area contributed by atoms with Crippen molar-refractivity contribution >= 4 is 35.1 Å². The molecule has 7 nitrogen and oxygen atoms in total. The molecule has 0 bridgehead atoms. The van der Waals surface area contributed by atoms with E-state index in [1.165, 1.54) is 11.3 Å². The Balaban J connectivity index is 2.86. The number of alkyl carbamates (subject to hydrolysis) is 1. The molecule has 1 aromatic heterocycles. The van der Waals surface area contributed by atoms with E-state index < -0.39 is 29.9 Å². The minimum Gasteiger partial charge on any atom is -0.444 e. The summed E-state index contributed by atoms with van der Waals surface area (Å²) in [6.45, 7) is 9.27. The van der Waals surface area contributed by atoms with Crippen LogP contribution in [0.3, 0.4) is 0 Å². The fourth-order valence-electron chi connectivity index (χ4n) is 2.54. The molecule has 1 heterocycles. The number of thiazole rings is 1. The standard InChI is InChI=1S/C19H33N3O4S2/c1-12(2)11-14(22-18(25)26-19(3,4)5)16(24)21-13(7-9-27-6)15(23)17-20-8-10-28-17/h8,10,12-15,23H,7,9,11H2,1-6H3,(H,21,24)(H,22,25)/t13-,14-,15+/m0/s1. The molecular weight excluding hydrogens is 398 g/mol. The highest BCUT2D eigenvalue weighted by Crippen LogP contribution is 2.22. The third-order valence-electron chi connectivity index (χ3n) is 3.76. The van der Waals surface area contributed by atoms with E-state index in [4.69, 9.17) is 4.74 Å². The van der Waals surface area contributed by atoms with Gasteiger partial charge >= 0.3 is 6.09 Å². The van der Waals surface area contributed by atoms with E-state index in [9.17, 15) is 14.7 Å². The van der Waals surface area contributed by atoms with Crippen molar-refractivity contribution in [3.63, 3.8) is 0 Å². The second-order valence-corrected chi connectivity index (χ2v) is 9.95. The molecule has 3 N–H and O–H groups in total. The smallest absolute Gasteiger partial charge is 0.408 e. The van der Waals surface area contributed by atoms with Crippen molar-refractivity contribution in [3.05, 3.63) is 16.6 Å². The summed E-state index contributed by atoms with van der Waals surface area (Å²) in [6.07, 6.45) is 3.14. The lowest BCUT2D eigenvalue weighted by Gasteiger charge is -2.27. The van der Waals surface area contributed by atoms with Crippen LogP contribution in [-0.4, -0.2) is 51.8 Å². The predicted octanol–water partition coefficient (Wildman–Crippen LogP) is 3.35. The number of hydrogen-bond donors (Lipinski definition) is 3. The molecule has 160 valence electrons. The summed E-state index contributed by atoms with van der Waals surface area (Å²) in [4.78, 5) is 29.2. The van der Waals surface area contributed by atoms with Gasteiger partial charge in [-0.05, 0) is 51.5 Å². The maximum absolute atomic E-state index is 12.9. The second kappa shape index (κ2) is 11.6. The zero-order valence-corrected chi connectivity index (χ0v) is 19.2. The van der Waals surface area contributed by atoms with E-state index in [1.54, 1.807) is 44.1 Å². The Morgan fingerprint density at radius 2 is 2.00 bits per heavy atom. The summed E-state index contributed by atoms with van der Waals surface area (Å²) in [7, 11) is 0. The number of thioether (sulfide) groups is 1. The van der Waals surface area contributed by atoms with Gasteiger partial charge in [-0.25, -0.2) is 9.78 Å². The summed E-state index contributed by atoms with van der Waals surface area (Å²) in [6, 6.07) is -1.23. The number of carbonyl (C=O) groups excluding carboxylic acids is 2. The lowest BCUT2D eigenvalue weighted by Crippen LogP contribution is -2.52. The van der Waals surface area contributed by atoms with Gasteiger partial charge < -0.3 is 20.5 Å². The van der Waals surface area contributed by atoms with Crippen LogP contribution in [0.1, 0.15) is 58.6 Å². The molecule has 9 heteroatoms. The highest BCUT2D eigenvalue weighted by atomic mass is 32.2. The monoisotopic (exact) mass is 431 g/mol. The highest BCUT2D eigenvalue weighted by molar-refractivity contribution is 7.98. The summed E-state index contributed by atoms with van der Waals surface area (Å²) >= 11 is 2.99. The topological polar surface area (TPSA) is 101 Å². The first-order valence-corrected chi connectivity index (χ1v) is 11.7. The lowest BCUT2D eigenvalue weighted by molar-refractivity contribution is -0.125. The van der Waals surface area contributed by atoms with E-state index in [1.807, 2.05) is 20.1 Å². The summed E-state index contributed by atoms with van der Waals surface area (Å²) in [5.41, 5.74) is -0.648. The Morgan fingerprint density at radius 3 is 2.50 bits per heavy atom. The van der Waals surface area contributed by atoms with Gasteiger partial charge in [0.2, 0.25) is 5.91 Å². The summed E-state index contributed by atoms with van der Waals surface area (Å²) in [5.74, 6) is 0.641. The van der Waals surface area contributed by atoms with Crippen LogP contribution >= 0.6 is 23.1 Å². The van der Waals surface area contributed by atoms with Gasteiger partial charge in [-0.15, -0.1) is 11.3 Å². The Labute approximate surface area is 176 Å². The van der Waals surface area contributed by atoms with Gasteiger partial charge in [-0.3, -0.25) is 4.79 Å². The number of hydrogen-bond acceptors (Lipinski definition) is 7. The lowest BCUT2D eigenvalue weighted by atomic mass is 10.0. The van der Waals surface area contributed by atoms with Crippen molar-refractivity contribution < 1.29 is 19.4 Å². The van der Waals surface area contributed by atoms with Gasteiger partial charge in [0.05, 0.1) is 6.04 Å². The molecule has 0 aliphatic rings. The quantitative estimate of drug-likeness (QED) is 0.525. The normalized spacial score (nSPS) is 15.0. The van der Waals surface area contributed by atoms with Crippen LogP contribution in [0.15, 0.2) is 11.6 Å². The van der Waals surface area contributed by atoms with Crippen LogP contribution in [0.25, 0.3) is 0 Å². The molecule has 0 saturated heterocycles. The molecule has 2 amide bonds. The Bertz CT molecular complexity index is 603. The molecule has 0 aliphatic heterocycles. The van der Waals surface area contributed by atoms with Crippen molar-refractivity contribution in [3.8, 4) is 0 Å². The average molecular weight is 432 g/mol. The molecule has 0 saturated carbocycles. The molecular formula is C19H33N3O4S2. The fourth-order valence-corrected chi connectivity index (χ4v) is 3.72. The van der Waals surface area contributed by atoms with Crippen molar-refractivity contribution in [1.82, 2.24) is 15.6 Å². The summed E-state index contributed by atoms with van der Waals surface area (Å²) in [5, 5.41) is 18.6. The average Bonchev–Trinajstić information content (AvgIpc) is 3.09. The van der Waals surface area contributed by atoms with Gasteiger partial charge in [-0.1, -0.05) is 13.8 Å². The SMILES string of the molecule is CSCC[C@H](NC(=O)[C@H](CC(C)C)NC(=O)OC(C)(C)C)[C@@H](O)c1nccs1. The highest BCUT2D eigenvalue weighted by Gasteiger charge is 2.30. The number of ether oxygens (including phenoxy) is 1. The molecule has 28 heavy (non-hydrogen) atoms. The van der Waals surface area contributed by atoms with Gasteiger partial charge in [0, 0.05) is 11.6 Å². The van der Waals surface area contributed by atoms with Crippen LogP contribution < -0.4 is 10.6 Å². The van der Waals surface area contributed by atoms with Crippen LogP contribution in [0.5, 0.6) is 0 Å². The maximum atomic E-state index is 12.9. The predicted molar refractivity (Wildman–Crippen MR) is 115 cm³/mol. The Hall–Kier alpha value is -1.32. The van der Waals surface area contributed by atoms with Gasteiger partial charge in [-0.2, -0.15) is 11.8 Å². The second-order valence-electron chi connectivity index (χ2n) is 8.04. The first-order valence-electron chi connectivity index (χ1n) is 9.39. The molecule has 0 aromatic carbocycles. The number of aliphatic hydroxyl groups excluding tert-OH is 1. The van der Waals surface area contributed by atoms with Gasteiger partial charge in [0.1, 0.15) is 22.8 Å². The third-order valence-corrected chi connectivity index (χ3v) is 5.25. The zero-order valence-electron chi connectivity index (χ0n) is 17.5. The van der Waals surface area contributed by atoms with E-state index in [0.717, 1.165) is 5.75 Å².